The molecule has 5 atom stereocenters. The van der Waals surface area contributed by atoms with Crippen molar-refractivity contribution in [2.75, 3.05) is 13.1 Å². The van der Waals surface area contributed by atoms with Gasteiger partial charge in [-0.1, -0.05) is 13.3 Å². The van der Waals surface area contributed by atoms with Gasteiger partial charge >= 0.3 is 0 Å². The lowest BCUT2D eigenvalue weighted by Crippen LogP contribution is -2.55. The first kappa shape index (κ1) is 14.6. The minimum Gasteiger partial charge on any atom is -0.387 e. The van der Waals surface area contributed by atoms with E-state index in [1.807, 2.05) is 6.20 Å². The van der Waals surface area contributed by atoms with E-state index in [1.165, 1.54) is 62.0 Å². The van der Waals surface area contributed by atoms with Crippen molar-refractivity contribution in [2.24, 2.45) is 11.8 Å². The van der Waals surface area contributed by atoms with Crippen molar-refractivity contribution < 1.29 is 5.11 Å². The van der Waals surface area contributed by atoms with Gasteiger partial charge in [0, 0.05) is 24.5 Å². The Balaban J connectivity index is 1.59. The average Bonchev–Trinajstić information content (AvgIpc) is 2.60. The molecule has 3 saturated heterocycles. The number of nitrogens with zero attached hydrogens (tertiary/aromatic N) is 2. The Bertz CT molecular complexity index is 544. The maximum absolute atomic E-state index is 11.1. The third-order valence-corrected chi connectivity index (χ3v) is 6.42. The van der Waals surface area contributed by atoms with E-state index < -0.39 is 0 Å². The van der Waals surface area contributed by atoms with Crippen LogP contribution in [0.25, 0.3) is 0 Å². The number of fused-ring (bicyclic) bond motifs is 4. The fraction of sp³-hybridized carbons (Fsp3) is 0.737. The van der Waals surface area contributed by atoms with E-state index in [4.69, 9.17) is 0 Å². The largest absolute Gasteiger partial charge is 0.387 e. The Morgan fingerprint density at radius 3 is 3.00 bits per heavy atom. The second-order valence-electron chi connectivity index (χ2n) is 7.49. The molecule has 4 aliphatic rings. The minimum absolute atomic E-state index is 0.324. The zero-order valence-corrected chi connectivity index (χ0v) is 13.7. The van der Waals surface area contributed by atoms with Gasteiger partial charge in [-0.25, -0.2) is 0 Å². The number of aromatic nitrogens is 1. The second kappa shape index (κ2) is 5.93. The predicted octanol–water partition coefficient (Wildman–Crippen LogP) is 3.11. The zero-order chi connectivity index (χ0) is 15.1. The number of aliphatic hydroxyl groups excluding tert-OH is 1. The first-order valence-corrected chi connectivity index (χ1v) is 9.16. The molecule has 0 saturated carbocycles. The maximum atomic E-state index is 11.1. The van der Waals surface area contributed by atoms with E-state index >= 15 is 0 Å². The van der Waals surface area contributed by atoms with E-state index in [0.717, 1.165) is 24.7 Å². The molecule has 0 spiro atoms. The summed E-state index contributed by atoms with van der Waals surface area (Å²) in [6.07, 6.45) is 10.1. The van der Waals surface area contributed by atoms with Crippen LogP contribution in [0.4, 0.5) is 0 Å². The highest BCUT2D eigenvalue weighted by atomic mass is 16.3. The van der Waals surface area contributed by atoms with E-state index in [-0.39, 0.29) is 6.10 Å². The lowest BCUT2D eigenvalue weighted by molar-refractivity contribution is -0.0569. The average molecular weight is 300 g/mol. The van der Waals surface area contributed by atoms with Gasteiger partial charge in [0.05, 0.1) is 6.10 Å². The van der Waals surface area contributed by atoms with E-state index in [9.17, 15) is 5.11 Å². The Hall–Kier alpha value is -0.930. The molecule has 1 unspecified atom stereocenters. The molecular weight excluding hydrogens is 272 g/mol. The quantitative estimate of drug-likeness (QED) is 0.932. The fourth-order valence-electron chi connectivity index (χ4n) is 5.11. The van der Waals surface area contributed by atoms with Crippen LogP contribution in [0.2, 0.25) is 0 Å². The van der Waals surface area contributed by atoms with Crippen LogP contribution in [0.5, 0.6) is 0 Å². The molecule has 4 heterocycles. The molecule has 0 amide bonds. The molecular formula is C19H28N2O. The van der Waals surface area contributed by atoms with Crippen LogP contribution in [-0.4, -0.2) is 34.1 Å². The maximum Gasteiger partial charge on any atom is 0.0949 e. The smallest absolute Gasteiger partial charge is 0.0949 e. The van der Waals surface area contributed by atoms with Crippen LogP contribution in [0.3, 0.4) is 0 Å². The summed E-state index contributed by atoms with van der Waals surface area (Å²) in [4.78, 5) is 7.12. The van der Waals surface area contributed by atoms with Gasteiger partial charge in [0.2, 0.25) is 0 Å². The van der Waals surface area contributed by atoms with Gasteiger partial charge in [-0.3, -0.25) is 9.88 Å². The van der Waals surface area contributed by atoms with Crippen molar-refractivity contribution in [3.63, 3.8) is 0 Å². The topological polar surface area (TPSA) is 36.4 Å². The molecule has 1 aliphatic carbocycles. The van der Waals surface area contributed by atoms with Crippen molar-refractivity contribution in [3.8, 4) is 0 Å². The van der Waals surface area contributed by atoms with Crippen molar-refractivity contribution in [2.45, 2.75) is 64.0 Å². The molecule has 0 aromatic carbocycles. The Morgan fingerprint density at radius 2 is 2.23 bits per heavy atom. The summed E-state index contributed by atoms with van der Waals surface area (Å²) < 4.78 is 0. The van der Waals surface area contributed by atoms with Crippen LogP contribution >= 0.6 is 0 Å². The molecule has 2 bridgehead atoms. The van der Waals surface area contributed by atoms with Gasteiger partial charge in [0.25, 0.3) is 0 Å². The number of hydrogen-bond donors (Lipinski definition) is 1. The highest BCUT2D eigenvalue weighted by molar-refractivity contribution is 5.34. The Labute approximate surface area is 133 Å². The SMILES string of the molecule is CC[C@H]1CN2CC[C@H]1C[C@H]2[C@H](O)c1ccnc2c1CCCC2. The molecule has 3 heteroatoms. The Morgan fingerprint density at radius 1 is 1.36 bits per heavy atom. The molecule has 22 heavy (non-hydrogen) atoms. The summed E-state index contributed by atoms with van der Waals surface area (Å²) in [7, 11) is 0. The fourth-order valence-corrected chi connectivity index (χ4v) is 5.11. The van der Waals surface area contributed by atoms with Crippen LogP contribution < -0.4 is 0 Å². The standard InChI is InChI=1S/C19H28N2O/c1-2-13-12-21-10-8-14(13)11-18(21)19(22)16-7-9-20-17-6-4-3-5-15(16)17/h7,9,13-14,18-19,22H,2-6,8,10-12H2,1H3/t13-,14-,18-,19+/m0/s1. The lowest BCUT2D eigenvalue weighted by atomic mass is 9.72. The third kappa shape index (κ3) is 2.39. The van der Waals surface area contributed by atoms with Crippen LogP contribution in [0, 0.1) is 11.8 Å². The number of pyridine rings is 1. The zero-order valence-electron chi connectivity index (χ0n) is 13.7. The summed E-state index contributed by atoms with van der Waals surface area (Å²) in [5.74, 6) is 1.68. The second-order valence-corrected chi connectivity index (χ2v) is 7.49. The van der Waals surface area contributed by atoms with Gasteiger partial charge in [-0.05, 0) is 74.1 Å². The number of aryl methyl sites for hydroxylation is 1. The van der Waals surface area contributed by atoms with E-state index in [0.29, 0.717) is 6.04 Å². The van der Waals surface area contributed by atoms with Gasteiger partial charge in [-0.2, -0.15) is 0 Å². The number of aliphatic hydroxyl groups is 1. The summed E-state index contributed by atoms with van der Waals surface area (Å²) in [6, 6.07) is 2.41. The summed E-state index contributed by atoms with van der Waals surface area (Å²) >= 11 is 0. The van der Waals surface area contributed by atoms with Crippen LogP contribution in [0.15, 0.2) is 12.3 Å². The van der Waals surface area contributed by atoms with Crippen LogP contribution in [0.1, 0.15) is 62.0 Å². The van der Waals surface area contributed by atoms with Crippen molar-refractivity contribution in [1.29, 1.82) is 0 Å². The molecule has 1 aromatic rings. The first-order valence-electron chi connectivity index (χ1n) is 9.16. The van der Waals surface area contributed by atoms with Gasteiger partial charge < -0.3 is 5.11 Å². The van der Waals surface area contributed by atoms with Gasteiger partial charge in [0.15, 0.2) is 0 Å². The molecule has 3 aliphatic heterocycles. The van der Waals surface area contributed by atoms with Crippen molar-refractivity contribution in [1.82, 2.24) is 9.88 Å². The van der Waals surface area contributed by atoms with Crippen LogP contribution in [-0.2, 0) is 12.8 Å². The summed E-state index contributed by atoms with van der Waals surface area (Å²) in [5, 5.41) is 11.1. The molecule has 1 aromatic heterocycles. The molecule has 3 nitrogen and oxygen atoms in total. The van der Waals surface area contributed by atoms with Crippen molar-refractivity contribution >= 4 is 0 Å². The molecule has 120 valence electrons. The Kier molecular flexibility index (Phi) is 3.95. The van der Waals surface area contributed by atoms with Gasteiger partial charge in [0.1, 0.15) is 0 Å². The molecule has 1 N–H and O–H groups in total. The molecule has 0 radical (unpaired) electrons. The highest BCUT2D eigenvalue weighted by Gasteiger charge is 2.42. The summed E-state index contributed by atoms with van der Waals surface area (Å²) in [6.45, 7) is 4.68. The van der Waals surface area contributed by atoms with E-state index in [1.54, 1.807) is 0 Å². The molecule has 3 fully saturated rings. The first-order chi connectivity index (χ1) is 10.8. The third-order valence-electron chi connectivity index (χ3n) is 6.42. The summed E-state index contributed by atoms with van der Waals surface area (Å²) in [5.41, 5.74) is 3.77. The lowest BCUT2D eigenvalue weighted by Gasteiger charge is -2.51. The molecule has 5 rings (SSSR count). The number of hydrogen-bond acceptors (Lipinski definition) is 3. The monoisotopic (exact) mass is 300 g/mol. The number of piperidine rings is 3. The predicted molar refractivity (Wildman–Crippen MR) is 87.7 cm³/mol. The van der Waals surface area contributed by atoms with Gasteiger partial charge in [-0.15, -0.1) is 0 Å². The normalized spacial score (nSPS) is 35.2. The highest BCUT2D eigenvalue weighted by Crippen LogP contribution is 2.42. The number of rotatable bonds is 3. The van der Waals surface area contributed by atoms with Crippen molar-refractivity contribution in [3.05, 3.63) is 29.1 Å². The minimum atomic E-state index is -0.324. The van der Waals surface area contributed by atoms with E-state index in [2.05, 4.69) is 22.9 Å².